The van der Waals surface area contributed by atoms with E-state index < -0.39 is 34.0 Å². The van der Waals surface area contributed by atoms with Crippen LogP contribution >= 0.6 is 0 Å². The predicted octanol–water partition coefficient (Wildman–Crippen LogP) is -1.69. The van der Waals surface area contributed by atoms with Gasteiger partial charge in [-0.05, 0) is 0 Å². The minimum atomic E-state index is -4.68. The number of hydrogen-bond donors (Lipinski definition) is 1. The van der Waals surface area contributed by atoms with Gasteiger partial charge in [0.15, 0.2) is 0 Å². The summed E-state index contributed by atoms with van der Waals surface area (Å²) in [5.41, 5.74) is 0. The first-order valence-corrected chi connectivity index (χ1v) is 5.00. The predicted molar refractivity (Wildman–Crippen MR) is 40.7 cm³/mol. The van der Waals surface area contributed by atoms with Crippen molar-refractivity contribution in [2.24, 2.45) is 0 Å². The Bertz CT molecular complexity index is 343. The third-order valence-corrected chi connectivity index (χ3v) is 2.69. The molecule has 0 radical (unpaired) electrons. The van der Waals surface area contributed by atoms with E-state index in [1.807, 2.05) is 0 Å². The van der Waals surface area contributed by atoms with Gasteiger partial charge in [0, 0.05) is 6.08 Å². The topological polar surface area (TPSA) is 113 Å². The molecule has 0 aromatic rings. The first-order chi connectivity index (χ1) is 6.45. The van der Waals surface area contributed by atoms with Crippen molar-refractivity contribution in [2.45, 2.75) is 11.4 Å². The summed E-state index contributed by atoms with van der Waals surface area (Å²) in [6, 6.07) is 0. The van der Waals surface area contributed by atoms with Gasteiger partial charge in [-0.3, -0.25) is 4.79 Å². The Morgan fingerprint density at radius 3 is 2.86 bits per heavy atom. The van der Waals surface area contributed by atoms with Crippen LogP contribution in [0.4, 0.5) is 0 Å². The van der Waals surface area contributed by atoms with Crippen LogP contribution in [-0.4, -0.2) is 42.5 Å². The maximum atomic E-state index is 10.6. The van der Waals surface area contributed by atoms with Gasteiger partial charge >= 0.3 is 6.47 Å². The molecule has 1 aliphatic heterocycles. The molecule has 1 heterocycles. The molecule has 1 unspecified atom stereocenters. The lowest BCUT2D eigenvalue weighted by Crippen LogP contribution is -2.39. The summed E-state index contributed by atoms with van der Waals surface area (Å²) in [6.07, 6.45) is -0.693. The van der Waals surface area contributed by atoms with E-state index in [0.29, 0.717) is 0 Å². The van der Waals surface area contributed by atoms with Gasteiger partial charge in [0.1, 0.15) is 28.1 Å². The zero-order chi connectivity index (χ0) is 10.8. The average Bonchev–Trinajstić information content (AvgIpc) is 2.07. The molecule has 0 aromatic carbocycles. The van der Waals surface area contributed by atoms with E-state index in [0.717, 1.165) is 6.08 Å². The Labute approximate surface area is 79.7 Å². The van der Waals surface area contributed by atoms with Crippen LogP contribution in [0.3, 0.4) is 0 Å². The summed E-state index contributed by atoms with van der Waals surface area (Å²) in [4.78, 5) is 9.88. The van der Waals surface area contributed by atoms with E-state index >= 15 is 0 Å². The van der Waals surface area contributed by atoms with E-state index in [4.69, 9.17) is 5.11 Å². The smallest absolute Gasteiger partial charge is 0.300 e. The van der Waals surface area contributed by atoms with Crippen LogP contribution in [0.1, 0.15) is 0 Å². The molecule has 0 saturated heterocycles. The Hall–Kier alpha value is -1.12. The van der Waals surface area contributed by atoms with Gasteiger partial charge in [-0.15, -0.1) is 0 Å². The molecule has 0 saturated carbocycles. The minimum Gasteiger partial charge on any atom is -0.747 e. The van der Waals surface area contributed by atoms with Gasteiger partial charge in [0.05, 0.1) is 0 Å². The molecular formula is C6H7O7S-. The first kappa shape index (κ1) is 11.0. The summed E-state index contributed by atoms with van der Waals surface area (Å²) in [6.45, 7) is -0.385. The van der Waals surface area contributed by atoms with Crippen LogP contribution in [0.15, 0.2) is 12.0 Å². The second-order valence-electron chi connectivity index (χ2n) is 2.54. The van der Waals surface area contributed by atoms with Gasteiger partial charge in [-0.25, -0.2) is 8.42 Å². The molecule has 80 valence electrons. The molecular weight excluding hydrogens is 216 g/mol. The van der Waals surface area contributed by atoms with Gasteiger partial charge in [-0.2, -0.15) is 0 Å². The third-order valence-electron chi connectivity index (χ3n) is 1.57. The van der Waals surface area contributed by atoms with Crippen LogP contribution in [0.2, 0.25) is 0 Å². The minimum absolute atomic E-state index is 0.0258. The summed E-state index contributed by atoms with van der Waals surface area (Å²) < 4.78 is 40.6. The van der Waals surface area contributed by atoms with E-state index in [2.05, 4.69) is 9.47 Å². The number of ether oxygens (including phenoxy) is 2. The van der Waals surface area contributed by atoms with Crippen molar-refractivity contribution in [1.82, 2.24) is 0 Å². The van der Waals surface area contributed by atoms with E-state index in [9.17, 15) is 17.8 Å². The highest BCUT2D eigenvalue weighted by atomic mass is 32.2. The maximum Gasteiger partial charge on any atom is 0.300 e. The van der Waals surface area contributed by atoms with Crippen LogP contribution < -0.4 is 0 Å². The van der Waals surface area contributed by atoms with Crippen molar-refractivity contribution in [3.63, 3.8) is 0 Å². The number of carbonyl (C=O) groups excluding carboxylic acids is 1. The lowest BCUT2D eigenvalue weighted by Gasteiger charge is -2.27. The normalized spacial score (nSPS) is 27.4. The Morgan fingerprint density at radius 1 is 1.71 bits per heavy atom. The van der Waals surface area contributed by atoms with E-state index in [1.165, 1.54) is 0 Å². The van der Waals surface area contributed by atoms with Crippen LogP contribution in [-0.2, 0) is 24.4 Å². The Kier molecular flexibility index (Phi) is 3.09. The molecule has 2 atom stereocenters. The lowest BCUT2D eigenvalue weighted by molar-refractivity contribution is -0.132. The SMILES string of the molecule is O=COC1=C[C@H](S(=O)(=O)[O-])C(O)CO1. The fourth-order valence-electron chi connectivity index (χ4n) is 0.952. The van der Waals surface area contributed by atoms with Crippen molar-refractivity contribution in [3.8, 4) is 0 Å². The van der Waals surface area contributed by atoms with Crippen molar-refractivity contribution < 1.29 is 32.3 Å². The van der Waals surface area contributed by atoms with Crippen molar-refractivity contribution >= 4 is 16.6 Å². The molecule has 14 heavy (non-hydrogen) atoms. The highest BCUT2D eigenvalue weighted by molar-refractivity contribution is 7.86. The number of aliphatic hydroxyl groups excluding tert-OH is 1. The number of carbonyl (C=O) groups is 1. The van der Waals surface area contributed by atoms with Crippen molar-refractivity contribution in [2.75, 3.05) is 6.61 Å². The van der Waals surface area contributed by atoms with E-state index in [-0.39, 0.29) is 6.47 Å². The number of aliphatic hydroxyl groups is 1. The Morgan fingerprint density at radius 2 is 2.36 bits per heavy atom. The van der Waals surface area contributed by atoms with E-state index in [1.54, 1.807) is 0 Å². The molecule has 7 nitrogen and oxygen atoms in total. The molecule has 1 aliphatic rings. The monoisotopic (exact) mass is 223 g/mol. The van der Waals surface area contributed by atoms with Crippen molar-refractivity contribution in [1.29, 1.82) is 0 Å². The Balaban J connectivity index is 2.92. The molecule has 0 aromatic heterocycles. The fraction of sp³-hybridized carbons (Fsp3) is 0.500. The zero-order valence-electron chi connectivity index (χ0n) is 6.82. The molecule has 0 aliphatic carbocycles. The van der Waals surface area contributed by atoms with Crippen molar-refractivity contribution in [3.05, 3.63) is 12.0 Å². The summed E-state index contributed by atoms with van der Waals surface area (Å²) in [7, 11) is -4.68. The number of hydrogen-bond acceptors (Lipinski definition) is 7. The van der Waals surface area contributed by atoms with Gasteiger partial charge in [-0.1, -0.05) is 0 Å². The standard InChI is InChI=1S/C6H8O7S/c7-3-13-6-1-5(14(9,10)11)4(8)2-12-6/h1,3-5,8H,2H2,(H,9,10,11)/p-1/t4?,5-/m0/s1. The quantitative estimate of drug-likeness (QED) is 0.448. The first-order valence-electron chi connectivity index (χ1n) is 3.53. The maximum absolute atomic E-state index is 10.6. The molecule has 1 N–H and O–H groups in total. The molecule has 0 fully saturated rings. The molecule has 0 spiro atoms. The highest BCUT2D eigenvalue weighted by Gasteiger charge is 2.30. The fourth-order valence-corrected chi connectivity index (χ4v) is 1.69. The van der Waals surface area contributed by atoms with Crippen LogP contribution in [0.5, 0.6) is 0 Å². The lowest BCUT2D eigenvalue weighted by atomic mass is 10.2. The number of rotatable bonds is 3. The molecule has 0 bridgehead atoms. The van der Waals surface area contributed by atoms with Crippen LogP contribution in [0.25, 0.3) is 0 Å². The second kappa shape index (κ2) is 3.95. The summed E-state index contributed by atoms with van der Waals surface area (Å²) >= 11 is 0. The molecule has 0 amide bonds. The zero-order valence-corrected chi connectivity index (χ0v) is 7.64. The largest absolute Gasteiger partial charge is 0.747 e. The average molecular weight is 223 g/mol. The highest BCUT2D eigenvalue weighted by Crippen LogP contribution is 2.17. The third kappa shape index (κ3) is 2.44. The summed E-state index contributed by atoms with van der Waals surface area (Å²) in [5.74, 6) is -0.394. The molecule has 1 rings (SSSR count). The summed E-state index contributed by atoms with van der Waals surface area (Å²) in [5, 5.41) is 7.45. The van der Waals surface area contributed by atoms with Crippen LogP contribution in [0, 0.1) is 0 Å². The second-order valence-corrected chi connectivity index (χ2v) is 4.07. The van der Waals surface area contributed by atoms with Gasteiger partial charge in [0.2, 0.25) is 0 Å². The molecule has 8 heteroatoms. The van der Waals surface area contributed by atoms with Gasteiger partial charge in [0.25, 0.3) is 5.95 Å². The van der Waals surface area contributed by atoms with Gasteiger partial charge < -0.3 is 19.1 Å².